The van der Waals surface area contributed by atoms with Crippen LogP contribution >= 0.6 is 0 Å². The zero-order chi connectivity index (χ0) is 13.5. The first-order valence-corrected chi connectivity index (χ1v) is 7.52. The normalized spacial score (nSPS) is 18.8. The van der Waals surface area contributed by atoms with E-state index in [0.717, 1.165) is 37.8 Å². The molecule has 1 unspecified atom stereocenters. The van der Waals surface area contributed by atoms with E-state index in [1.54, 1.807) is 0 Å². The number of nitrogens with one attached hydrogen (secondary N) is 1. The molecule has 0 bridgehead atoms. The summed E-state index contributed by atoms with van der Waals surface area (Å²) in [5.74, 6) is 1.77. The van der Waals surface area contributed by atoms with E-state index in [1.165, 1.54) is 25.2 Å². The highest BCUT2D eigenvalue weighted by Crippen LogP contribution is 2.25. The van der Waals surface area contributed by atoms with Crippen molar-refractivity contribution in [3.05, 3.63) is 24.3 Å². The number of benzene rings is 1. The molecule has 0 spiro atoms. The average Bonchev–Trinajstić information content (AvgIpc) is 2.92. The number of ether oxygens (including phenoxy) is 1. The second kappa shape index (κ2) is 7.39. The topological polar surface area (TPSA) is 24.5 Å². The van der Waals surface area contributed by atoms with Gasteiger partial charge in [-0.15, -0.1) is 0 Å². The highest BCUT2D eigenvalue weighted by Gasteiger charge is 2.21. The van der Waals surface area contributed by atoms with E-state index in [-0.39, 0.29) is 0 Å². The van der Waals surface area contributed by atoms with Crippen LogP contribution in [0, 0.1) is 5.92 Å². The summed E-state index contributed by atoms with van der Waals surface area (Å²) in [4.78, 5) is 2.48. The minimum atomic E-state index is 0.788. The number of anilines is 1. The van der Waals surface area contributed by atoms with Gasteiger partial charge in [-0.3, -0.25) is 0 Å². The van der Waals surface area contributed by atoms with Crippen LogP contribution in [0.4, 0.5) is 5.69 Å². The Morgan fingerprint density at radius 1 is 1.26 bits per heavy atom. The molecule has 1 aliphatic heterocycles. The summed E-state index contributed by atoms with van der Waals surface area (Å²) in [5, 5.41) is 3.45. The maximum absolute atomic E-state index is 5.62. The monoisotopic (exact) mass is 262 g/mol. The molecule has 0 amide bonds. The lowest BCUT2D eigenvalue weighted by Gasteiger charge is -2.19. The van der Waals surface area contributed by atoms with Crippen LogP contribution in [0.5, 0.6) is 5.75 Å². The summed E-state index contributed by atoms with van der Waals surface area (Å²) in [7, 11) is 0. The van der Waals surface area contributed by atoms with Gasteiger partial charge in [0.15, 0.2) is 0 Å². The molecule has 1 aromatic rings. The molecule has 3 nitrogen and oxygen atoms in total. The SMILES string of the molecule is CCCOc1ccc(N2CCC(CNCC)C2)cc1. The van der Waals surface area contributed by atoms with Gasteiger partial charge < -0.3 is 15.0 Å². The molecule has 0 aliphatic carbocycles. The van der Waals surface area contributed by atoms with Crippen LogP contribution in [-0.4, -0.2) is 32.8 Å². The van der Waals surface area contributed by atoms with Crippen molar-refractivity contribution in [3.8, 4) is 5.75 Å². The van der Waals surface area contributed by atoms with Crippen molar-refractivity contribution in [2.45, 2.75) is 26.7 Å². The molecule has 0 radical (unpaired) electrons. The van der Waals surface area contributed by atoms with Gasteiger partial charge in [-0.25, -0.2) is 0 Å². The minimum Gasteiger partial charge on any atom is -0.494 e. The van der Waals surface area contributed by atoms with Crippen LogP contribution < -0.4 is 15.0 Å². The van der Waals surface area contributed by atoms with Gasteiger partial charge in [0.1, 0.15) is 5.75 Å². The molecular weight excluding hydrogens is 236 g/mol. The van der Waals surface area contributed by atoms with Crippen LogP contribution in [0.15, 0.2) is 24.3 Å². The Morgan fingerprint density at radius 2 is 2.05 bits per heavy atom. The van der Waals surface area contributed by atoms with Gasteiger partial charge in [-0.1, -0.05) is 13.8 Å². The third-order valence-corrected chi connectivity index (χ3v) is 3.64. The van der Waals surface area contributed by atoms with Gasteiger partial charge in [0, 0.05) is 18.8 Å². The van der Waals surface area contributed by atoms with Crippen molar-refractivity contribution < 1.29 is 4.74 Å². The summed E-state index contributed by atoms with van der Waals surface area (Å²) in [5.41, 5.74) is 1.32. The van der Waals surface area contributed by atoms with E-state index in [1.807, 2.05) is 0 Å². The Bertz CT molecular complexity index is 364. The fourth-order valence-corrected chi connectivity index (χ4v) is 2.56. The second-order valence-electron chi connectivity index (χ2n) is 5.25. The Hall–Kier alpha value is -1.22. The molecule has 106 valence electrons. The number of rotatable bonds is 7. The van der Waals surface area contributed by atoms with Crippen molar-refractivity contribution in [3.63, 3.8) is 0 Å². The van der Waals surface area contributed by atoms with Crippen molar-refractivity contribution in [2.75, 3.05) is 37.7 Å². The van der Waals surface area contributed by atoms with E-state index in [0.29, 0.717) is 0 Å². The lowest BCUT2D eigenvalue weighted by molar-refractivity contribution is 0.317. The van der Waals surface area contributed by atoms with Crippen LogP contribution in [0.25, 0.3) is 0 Å². The number of hydrogen-bond acceptors (Lipinski definition) is 3. The van der Waals surface area contributed by atoms with Crippen LogP contribution in [-0.2, 0) is 0 Å². The van der Waals surface area contributed by atoms with Crippen LogP contribution in [0.1, 0.15) is 26.7 Å². The molecular formula is C16H26N2O. The van der Waals surface area contributed by atoms with Crippen molar-refractivity contribution in [1.29, 1.82) is 0 Å². The Labute approximate surface area is 116 Å². The molecule has 1 aliphatic rings. The maximum Gasteiger partial charge on any atom is 0.119 e. The standard InChI is InChI=1S/C16H26N2O/c1-3-11-19-16-7-5-15(6-8-16)18-10-9-14(13-18)12-17-4-2/h5-8,14,17H,3-4,9-13H2,1-2H3. The van der Waals surface area contributed by atoms with Crippen LogP contribution in [0.3, 0.4) is 0 Å². The molecule has 1 aromatic carbocycles. The third-order valence-electron chi connectivity index (χ3n) is 3.64. The summed E-state index contributed by atoms with van der Waals surface area (Å²) < 4.78 is 5.62. The summed E-state index contributed by atoms with van der Waals surface area (Å²) in [6.45, 7) is 9.65. The first-order valence-electron chi connectivity index (χ1n) is 7.52. The summed E-state index contributed by atoms with van der Waals surface area (Å²) in [6, 6.07) is 8.53. The molecule has 3 heteroatoms. The summed E-state index contributed by atoms with van der Waals surface area (Å²) >= 11 is 0. The largest absolute Gasteiger partial charge is 0.494 e. The van der Waals surface area contributed by atoms with Crippen LogP contribution in [0.2, 0.25) is 0 Å². The fourth-order valence-electron chi connectivity index (χ4n) is 2.56. The molecule has 1 fully saturated rings. The average molecular weight is 262 g/mol. The quantitative estimate of drug-likeness (QED) is 0.817. The van der Waals surface area contributed by atoms with Gasteiger partial charge in [-0.05, 0) is 56.1 Å². The lowest BCUT2D eigenvalue weighted by atomic mass is 10.1. The second-order valence-corrected chi connectivity index (χ2v) is 5.25. The molecule has 19 heavy (non-hydrogen) atoms. The van der Waals surface area contributed by atoms with Gasteiger partial charge in [0.2, 0.25) is 0 Å². The molecule has 2 rings (SSSR count). The zero-order valence-corrected chi connectivity index (χ0v) is 12.2. The third kappa shape index (κ3) is 4.13. The first-order chi connectivity index (χ1) is 9.33. The highest BCUT2D eigenvalue weighted by atomic mass is 16.5. The molecule has 1 saturated heterocycles. The van der Waals surface area contributed by atoms with E-state index in [4.69, 9.17) is 4.74 Å². The molecule has 1 N–H and O–H groups in total. The maximum atomic E-state index is 5.62. The van der Waals surface area contributed by atoms with Gasteiger partial charge in [-0.2, -0.15) is 0 Å². The van der Waals surface area contributed by atoms with E-state index < -0.39 is 0 Å². The Balaban J connectivity index is 1.85. The lowest BCUT2D eigenvalue weighted by Crippen LogP contribution is -2.26. The molecule has 0 saturated carbocycles. The predicted octanol–water partition coefficient (Wildman–Crippen LogP) is 2.91. The van der Waals surface area contributed by atoms with Gasteiger partial charge in [0.05, 0.1) is 6.61 Å². The van der Waals surface area contributed by atoms with E-state index >= 15 is 0 Å². The summed E-state index contributed by atoms with van der Waals surface area (Å²) in [6.07, 6.45) is 2.35. The van der Waals surface area contributed by atoms with Crippen molar-refractivity contribution in [1.82, 2.24) is 5.32 Å². The Kier molecular flexibility index (Phi) is 5.52. The number of nitrogens with zero attached hydrogens (tertiary/aromatic N) is 1. The molecule has 0 aromatic heterocycles. The number of hydrogen-bond donors (Lipinski definition) is 1. The minimum absolute atomic E-state index is 0.788. The van der Waals surface area contributed by atoms with E-state index in [9.17, 15) is 0 Å². The molecule has 1 heterocycles. The highest BCUT2D eigenvalue weighted by molar-refractivity contribution is 5.49. The van der Waals surface area contributed by atoms with Crippen molar-refractivity contribution in [2.24, 2.45) is 5.92 Å². The molecule has 1 atom stereocenters. The van der Waals surface area contributed by atoms with Crippen molar-refractivity contribution >= 4 is 5.69 Å². The van der Waals surface area contributed by atoms with Gasteiger partial charge in [0.25, 0.3) is 0 Å². The Morgan fingerprint density at radius 3 is 2.74 bits per heavy atom. The first kappa shape index (κ1) is 14.2. The van der Waals surface area contributed by atoms with Gasteiger partial charge >= 0.3 is 0 Å². The van der Waals surface area contributed by atoms with E-state index in [2.05, 4.69) is 48.3 Å². The smallest absolute Gasteiger partial charge is 0.119 e. The zero-order valence-electron chi connectivity index (χ0n) is 12.2. The predicted molar refractivity (Wildman–Crippen MR) is 81.1 cm³/mol. The fraction of sp³-hybridized carbons (Fsp3) is 0.625.